The lowest BCUT2D eigenvalue weighted by Gasteiger charge is -2.34. The van der Waals surface area contributed by atoms with Crippen LogP contribution in [0, 0.1) is 17.9 Å². The molecule has 1 unspecified atom stereocenters. The van der Waals surface area contributed by atoms with E-state index >= 15 is 0 Å². The van der Waals surface area contributed by atoms with Crippen LogP contribution in [0.5, 0.6) is 0 Å². The molecular weight excluding hydrogens is 288 g/mol. The number of carbonyl (C=O) groups is 2. The van der Waals surface area contributed by atoms with Crippen LogP contribution < -0.4 is 5.73 Å². The molecule has 2 aromatic rings. The Morgan fingerprint density at radius 2 is 2.00 bits per heavy atom. The summed E-state index contributed by atoms with van der Waals surface area (Å²) in [6, 6.07) is 16.8. The molecule has 0 fully saturated rings. The summed E-state index contributed by atoms with van der Waals surface area (Å²) in [6.07, 6.45) is 0.662. The largest absolute Gasteiger partial charge is 0.368 e. The molecule has 1 aliphatic rings. The number of carbonyl (C=O) groups excluding carboxylic acids is 2. The standard InChI is InChI=1S/C19H15N2O2/c20-19(23)18-16-9-5-4-8-15(16)12-13-21(18)17(22)11-10-14-6-2-1-3-7-14/h1-3,5-9,18H,12-13H2,(H2,20,23). The summed E-state index contributed by atoms with van der Waals surface area (Å²) in [5.41, 5.74) is 8.04. The van der Waals surface area contributed by atoms with Crippen LogP contribution in [0.3, 0.4) is 0 Å². The Morgan fingerprint density at radius 1 is 1.22 bits per heavy atom. The van der Waals surface area contributed by atoms with Crippen LogP contribution in [-0.4, -0.2) is 23.3 Å². The van der Waals surface area contributed by atoms with Crippen molar-refractivity contribution in [2.24, 2.45) is 5.73 Å². The lowest BCUT2D eigenvalue weighted by Crippen LogP contribution is -2.45. The van der Waals surface area contributed by atoms with Crippen LogP contribution in [-0.2, 0) is 16.0 Å². The van der Waals surface area contributed by atoms with Crippen molar-refractivity contribution < 1.29 is 9.59 Å². The molecule has 0 spiro atoms. The molecule has 2 N–H and O–H groups in total. The predicted octanol–water partition coefficient (Wildman–Crippen LogP) is 1.45. The molecule has 4 nitrogen and oxygen atoms in total. The van der Waals surface area contributed by atoms with Gasteiger partial charge in [-0.25, -0.2) is 0 Å². The Morgan fingerprint density at radius 3 is 2.74 bits per heavy atom. The molecule has 3 rings (SSSR count). The van der Waals surface area contributed by atoms with E-state index in [2.05, 4.69) is 17.9 Å². The Hall–Kier alpha value is -3.06. The average Bonchev–Trinajstić information content (AvgIpc) is 2.59. The highest BCUT2D eigenvalue weighted by atomic mass is 16.2. The molecule has 0 saturated heterocycles. The number of nitrogens with two attached hydrogens (primary N) is 1. The molecule has 23 heavy (non-hydrogen) atoms. The van der Waals surface area contributed by atoms with Gasteiger partial charge in [0.05, 0.1) is 0 Å². The summed E-state index contributed by atoms with van der Waals surface area (Å²) in [5, 5.41) is 0. The van der Waals surface area contributed by atoms with Gasteiger partial charge < -0.3 is 10.6 Å². The molecular formula is C19H15N2O2. The maximum Gasteiger partial charge on any atom is 0.299 e. The summed E-state index contributed by atoms with van der Waals surface area (Å²) in [6.45, 7) is 0.417. The monoisotopic (exact) mass is 303 g/mol. The second-order valence-corrected chi connectivity index (χ2v) is 5.29. The predicted molar refractivity (Wildman–Crippen MR) is 86.0 cm³/mol. The van der Waals surface area contributed by atoms with Gasteiger partial charge in [0.25, 0.3) is 5.91 Å². The summed E-state index contributed by atoms with van der Waals surface area (Å²) < 4.78 is 0. The van der Waals surface area contributed by atoms with E-state index in [4.69, 9.17) is 5.73 Å². The van der Waals surface area contributed by atoms with Gasteiger partial charge in [0.1, 0.15) is 6.04 Å². The first-order valence-electron chi connectivity index (χ1n) is 7.32. The van der Waals surface area contributed by atoms with E-state index < -0.39 is 17.9 Å². The van der Waals surface area contributed by atoms with Gasteiger partial charge in [-0.15, -0.1) is 0 Å². The lowest BCUT2D eigenvalue weighted by molar-refractivity contribution is -0.135. The highest BCUT2D eigenvalue weighted by molar-refractivity contribution is 5.98. The number of nitrogens with zero attached hydrogens (tertiary/aromatic N) is 1. The first kappa shape index (κ1) is 14.9. The molecule has 113 valence electrons. The van der Waals surface area contributed by atoms with E-state index in [1.165, 1.54) is 4.90 Å². The van der Waals surface area contributed by atoms with E-state index in [1.807, 2.05) is 36.4 Å². The normalized spacial score (nSPS) is 16.0. The molecule has 2 amide bonds. The minimum atomic E-state index is -0.772. The number of rotatable bonds is 1. The summed E-state index contributed by atoms with van der Waals surface area (Å²) >= 11 is 0. The van der Waals surface area contributed by atoms with Crippen molar-refractivity contribution >= 4 is 11.8 Å². The number of amides is 2. The van der Waals surface area contributed by atoms with E-state index in [9.17, 15) is 9.59 Å². The Balaban J connectivity index is 1.89. The molecule has 1 aliphatic heterocycles. The molecule has 0 aliphatic carbocycles. The topological polar surface area (TPSA) is 63.4 Å². The van der Waals surface area contributed by atoms with Crippen LogP contribution in [0.2, 0.25) is 0 Å². The zero-order chi connectivity index (χ0) is 16.2. The highest BCUT2D eigenvalue weighted by Gasteiger charge is 2.33. The van der Waals surface area contributed by atoms with Crippen LogP contribution >= 0.6 is 0 Å². The zero-order valence-electron chi connectivity index (χ0n) is 12.5. The molecule has 0 aromatic heterocycles. The minimum Gasteiger partial charge on any atom is -0.368 e. The molecule has 1 radical (unpaired) electrons. The van der Waals surface area contributed by atoms with Gasteiger partial charge in [-0.1, -0.05) is 42.3 Å². The molecule has 0 bridgehead atoms. The van der Waals surface area contributed by atoms with Gasteiger partial charge in [0, 0.05) is 18.0 Å². The fourth-order valence-electron chi connectivity index (χ4n) is 2.74. The fraction of sp³-hybridized carbons (Fsp3) is 0.158. The van der Waals surface area contributed by atoms with Gasteiger partial charge in [0.15, 0.2) is 0 Å². The van der Waals surface area contributed by atoms with Gasteiger partial charge >= 0.3 is 0 Å². The first-order chi connectivity index (χ1) is 11.2. The lowest BCUT2D eigenvalue weighted by atomic mass is 9.92. The van der Waals surface area contributed by atoms with Gasteiger partial charge in [0.2, 0.25) is 5.91 Å². The van der Waals surface area contributed by atoms with Gasteiger partial charge in [-0.05, 0) is 35.7 Å². The number of benzene rings is 2. The smallest absolute Gasteiger partial charge is 0.299 e. The summed E-state index contributed by atoms with van der Waals surface area (Å²) in [4.78, 5) is 25.8. The molecule has 4 heteroatoms. The van der Waals surface area contributed by atoms with Crippen molar-refractivity contribution in [2.75, 3.05) is 6.54 Å². The summed E-state index contributed by atoms with van der Waals surface area (Å²) in [7, 11) is 0. The minimum absolute atomic E-state index is 0.392. The van der Waals surface area contributed by atoms with Crippen molar-refractivity contribution in [1.82, 2.24) is 4.90 Å². The number of fused-ring (bicyclic) bond motifs is 1. The van der Waals surface area contributed by atoms with Crippen molar-refractivity contribution in [1.29, 1.82) is 0 Å². The SMILES string of the molecule is NC(=O)C1c2cc[c]cc2CCN1C(=O)C#Cc1ccccc1. The van der Waals surface area contributed by atoms with Gasteiger partial charge in [-0.2, -0.15) is 0 Å². The third-order valence-corrected chi connectivity index (χ3v) is 3.83. The second-order valence-electron chi connectivity index (χ2n) is 5.29. The van der Waals surface area contributed by atoms with E-state index in [1.54, 1.807) is 12.1 Å². The van der Waals surface area contributed by atoms with Crippen molar-refractivity contribution in [3.8, 4) is 11.8 Å². The quantitative estimate of drug-likeness (QED) is 0.811. The van der Waals surface area contributed by atoms with Crippen molar-refractivity contribution in [3.63, 3.8) is 0 Å². The number of hydrogen-bond donors (Lipinski definition) is 1. The maximum atomic E-state index is 12.4. The van der Waals surface area contributed by atoms with E-state index in [-0.39, 0.29) is 0 Å². The molecule has 2 aromatic carbocycles. The third-order valence-electron chi connectivity index (χ3n) is 3.83. The highest BCUT2D eigenvalue weighted by Crippen LogP contribution is 2.29. The average molecular weight is 303 g/mol. The zero-order valence-corrected chi connectivity index (χ0v) is 12.5. The third kappa shape index (κ3) is 3.09. The van der Waals surface area contributed by atoms with Crippen LogP contribution in [0.1, 0.15) is 22.7 Å². The van der Waals surface area contributed by atoms with Crippen molar-refractivity contribution in [3.05, 3.63) is 71.3 Å². The summed E-state index contributed by atoms with van der Waals surface area (Å²) in [5.74, 6) is 4.49. The van der Waals surface area contributed by atoms with E-state index in [0.29, 0.717) is 13.0 Å². The number of hydrogen-bond acceptors (Lipinski definition) is 2. The molecule has 0 saturated carbocycles. The Labute approximate surface area is 134 Å². The van der Waals surface area contributed by atoms with Gasteiger partial charge in [-0.3, -0.25) is 9.59 Å². The van der Waals surface area contributed by atoms with Crippen molar-refractivity contribution in [2.45, 2.75) is 12.5 Å². The number of primary amides is 1. The van der Waals surface area contributed by atoms with E-state index in [0.717, 1.165) is 16.7 Å². The van der Waals surface area contributed by atoms with Crippen LogP contribution in [0.15, 0.2) is 48.5 Å². The van der Waals surface area contributed by atoms with Crippen LogP contribution in [0.4, 0.5) is 0 Å². The molecule has 1 atom stereocenters. The van der Waals surface area contributed by atoms with Crippen LogP contribution in [0.25, 0.3) is 0 Å². The Kier molecular flexibility index (Phi) is 4.11. The second kappa shape index (κ2) is 6.37. The fourth-order valence-corrected chi connectivity index (χ4v) is 2.74. The molecule has 1 heterocycles. The Bertz CT molecular complexity index is 803. The maximum absolute atomic E-state index is 12.4. The first-order valence-corrected chi connectivity index (χ1v) is 7.32.